The van der Waals surface area contributed by atoms with Gasteiger partial charge in [-0.2, -0.15) is 0 Å². The molecule has 0 amide bonds. The Bertz CT molecular complexity index is 8670. The van der Waals surface area contributed by atoms with Crippen LogP contribution in [0.25, 0.3) is 250 Å². The number of rotatable bonds is 7. The quantitative estimate of drug-likeness (QED) is 0.149. The lowest BCUT2D eigenvalue weighted by atomic mass is 9.94. The van der Waals surface area contributed by atoms with Gasteiger partial charge in [0.1, 0.15) is 17.0 Å². The molecule has 26 aromatic rings. The zero-order chi connectivity index (χ0) is 74.1. The van der Waals surface area contributed by atoms with Gasteiger partial charge in [-0.3, -0.25) is 4.57 Å². The molecule has 526 valence electrons. The monoisotopic (exact) mass is 1460 g/mol. The summed E-state index contributed by atoms with van der Waals surface area (Å²) in [6, 6.07) is 135. The Balaban J connectivity index is 0.535. The fourth-order valence-corrected chi connectivity index (χ4v) is 20.9. The number of nitrogens with zero attached hydrogens (tertiary/aromatic N) is 5. The normalized spacial score (nSPS) is 12.4. The first-order chi connectivity index (χ1) is 56.5. The van der Waals surface area contributed by atoms with E-state index < -0.39 is 0 Å². The standard InChI is InChI=1S/C107H61N5OS/c1-2-19-70(20-3-1)110-97-49-42-66-37-38-67(51-85(66)106(97)93-57-89-81-27-11-14-31-95(81)111(98(89)58-99(93)110)72-46-48-79-77-24-7-6-22-75(77)76-23-8-9-25-78(76)86(79)53-72)64-35-33-62(34-36-64)63-39-44-71(45-40-63)109-94-30-13-10-26-80(94)88-56-92-91-54-84-68(52-103(91)114-104(92)60-101(88)109)18-16-29-73(84)69-43-50-105(108-61-69)112-96-32-15-12-28-82(96)87-55-90-83-47-41-65-17-4-5-21-74(65)107(83)113-102(90)59-100(87)112/h1-61H. The van der Waals surface area contributed by atoms with E-state index in [4.69, 9.17) is 9.40 Å². The van der Waals surface area contributed by atoms with Crippen molar-refractivity contribution >= 4 is 205 Å². The van der Waals surface area contributed by atoms with Crippen molar-refractivity contribution in [1.82, 2.24) is 23.3 Å². The number of hydrogen-bond donors (Lipinski definition) is 0. The van der Waals surface area contributed by atoms with Gasteiger partial charge in [-0.25, -0.2) is 4.98 Å². The van der Waals surface area contributed by atoms with Crippen LogP contribution in [0.2, 0.25) is 0 Å². The Hall–Kier alpha value is -14.9. The van der Waals surface area contributed by atoms with Crippen molar-refractivity contribution in [2.45, 2.75) is 0 Å². The molecule has 7 heterocycles. The molecule has 0 saturated carbocycles. The minimum atomic E-state index is 0.858. The third-order valence-corrected chi connectivity index (χ3v) is 26.0. The van der Waals surface area contributed by atoms with Crippen molar-refractivity contribution < 1.29 is 4.42 Å². The van der Waals surface area contributed by atoms with E-state index in [2.05, 4.69) is 382 Å². The van der Waals surface area contributed by atoms with Crippen LogP contribution in [0.5, 0.6) is 0 Å². The summed E-state index contributed by atoms with van der Waals surface area (Å²) < 4.78 is 19.0. The molecule has 7 heteroatoms. The van der Waals surface area contributed by atoms with Crippen LogP contribution < -0.4 is 0 Å². The second-order valence-corrected chi connectivity index (χ2v) is 31.9. The molecule has 0 radical (unpaired) electrons. The molecule has 0 aliphatic rings. The van der Waals surface area contributed by atoms with Crippen LogP contribution in [0.15, 0.2) is 375 Å². The summed E-state index contributed by atoms with van der Waals surface area (Å²) in [6.07, 6.45) is 2.05. The van der Waals surface area contributed by atoms with Gasteiger partial charge in [-0.05, 0) is 214 Å². The first-order valence-electron chi connectivity index (χ1n) is 39.1. The summed E-state index contributed by atoms with van der Waals surface area (Å²) in [7, 11) is 0. The maximum Gasteiger partial charge on any atom is 0.143 e. The summed E-state index contributed by atoms with van der Waals surface area (Å²) in [4.78, 5) is 5.28. The molecule has 0 saturated heterocycles. The lowest BCUT2D eigenvalue weighted by molar-refractivity contribution is 0.673. The largest absolute Gasteiger partial charge is 0.455 e. The van der Waals surface area contributed by atoms with Gasteiger partial charge in [0.05, 0.1) is 44.1 Å². The number of benzene rings is 19. The maximum absolute atomic E-state index is 6.74. The topological polar surface area (TPSA) is 45.8 Å². The molecule has 26 rings (SSSR count). The second kappa shape index (κ2) is 23.3. The predicted molar refractivity (Wildman–Crippen MR) is 483 cm³/mol. The minimum Gasteiger partial charge on any atom is -0.455 e. The Morgan fingerprint density at radius 3 is 1.39 bits per heavy atom. The summed E-state index contributed by atoms with van der Waals surface area (Å²) in [6.45, 7) is 0. The Labute approximate surface area is 654 Å². The van der Waals surface area contributed by atoms with E-state index >= 15 is 0 Å². The van der Waals surface area contributed by atoms with E-state index in [0.717, 1.165) is 72.4 Å². The van der Waals surface area contributed by atoms with Gasteiger partial charge in [0, 0.05) is 114 Å². The highest BCUT2D eigenvalue weighted by atomic mass is 32.1. The van der Waals surface area contributed by atoms with Crippen LogP contribution in [-0.2, 0) is 0 Å². The number of fused-ring (bicyclic) bond motifs is 29. The van der Waals surface area contributed by atoms with Crippen molar-refractivity contribution in [3.05, 3.63) is 370 Å². The lowest BCUT2D eigenvalue weighted by Crippen LogP contribution is -1.97. The van der Waals surface area contributed by atoms with Gasteiger partial charge in [-0.15, -0.1) is 11.3 Å². The van der Waals surface area contributed by atoms with Crippen molar-refractivity contribution in [3.8, 4) is 56.3 Å². The number of aromatic nitrogens is 5. The smallest absolute Gasteiger partial charge is 0.143 e. The number of thiophene rings is 1. The number of para-hydroxylation sites is 4. The lowest BCUT2D eigenvalue weighted by Gasteiger charge is -2.14. The highest BCUT2D eigenvalue weighted by Crippen LogP contribution is 2.49. The Morgan fingerprint density at radius 1 is 0.219 bits per heavy atom. The van der Waals surface area contributed by atoms with Crippen molar-refractivity contribution in [3.63, 3.8) is 0 Å². The third kappa shape index (κ3) is 8.81. The molecule has 0 N–H and O–H groups in total. The van der Waals surface area contributed by atoms with E-state index in [1.165, 1.54) is 178 Å². The van der Waals surface area contributed by atoms with Crippen LogP contribution in [0.3, 0.4) is 0 Å². The minimum absolute atomic E-state index is 0.858. The molecular formula is C107H61N5OS. The second-order valence-electron chi connectivity index (χ2n) is 30.8. The number of hydrogen-bond acceptors (Lipinski definition) is 3. The molecule has 7 aromatic heterocycles. The molecule has 0 aliphatic heterocycles. The summed E-state index contributed by atoms with van der Waals surface area (Å²) in [5.41, 5.74) is 21.4. The van der Waals surface area contributed by atoms with Crippen molar-refractivity contribution in [1.29, 1.82) is 0 Å². The van der Waals surface area contributed by atoms with Gasteiger partial charge >= 0.3 is 0 Å². The van der Waals surface area contributed by atoms with Crippen molar-refractivity contribution in [2.24, 2.45) is 0 Å². The van der Waals surface area contributed by atoms with E-state index in [-0.39, 0.29) is 0 Å². The molecule has 0 atom stereocenters. The fourth-order valence-electron chi connectivity index (χ4n) is 19.7. The molecule has 19 aromatic carbocycles. The van der Waals surface area contributed by atoms with Crippen molar-refractivity contribution in [2.75, 3.05) is 0 Å². The Morgan fingerprint density at radius 2 is 0.693 bits per heavy atom. The van der Waals surface area contributed by atoms with E-state index in [1.54, 1.807) is 0 Å². The summed E-state index contributed by atoms with van der Waals surface area (Å²) in [5, 5.41) is 29.3. The summed E-state index contributed by atoms with van der Waals surface area (Å²) >= 11 is 1.87. The van der Waals surface area contributed by atoms with Crippen LogP contribution in [0, 0.1) is 0 Å². The number of pyridine rings is 1. The average Bonchev–Trinajstić information content (AvgIpc) is 1.53. The molecular weight excluding hydrogens is 1400 g/mol. The van der Waals surface area contributed by atoms with Gasteiger partial charge in [0.15, 0.2) is 0 Å². The van der Waals surface area contributed by atoms with E-state index in [9.17, 15) is 0 Å². The molecule has 0 spiro atoms. The zero-order valence-electron chi connectivity index (χ0n) is 61.3. The molecule has 114 heavy (non-hydrogen) atoms. The van der Waals surface area contributed by atoms with Gasteiger partial charge in [0.25, 0.3) is 0 Å². The third-order valence-electron chi connectivity index (χ3n) is 24.9. The van der Waals surface area contributed by atoms with E-state index in [0.29, 0.717) is 0 Å². The first kappa shape index (κ1) is 61.9. The van der Waals surface area contributed by atoms with Crippen LogP contribution >= 0.6 is 11.3 Å². The highest BCUT2D eigenvalue weighted by Gasteiger charge is 2.25. The fraction of sp³-hybridized carbons (Fsp3) is 0. The zero-order valence-corrected chi connectivity index (χ0v) is 62.1. The SMILES string of the molecule is c1ccc(-n2c3cc4c(cc3c3c5cc(-c6ccc(-c7ccc(-n8c9ccccc9c9cc%10c(cc98)sc8cc9cccc(-c%11ccc(-n%12c%13ccccc%13c%13cc%14c(cc%13%12)oc%12c%13ccccc%13ccc%14%12)nc%11)c9cc8%10)cc7)cc6)ccc5ccc32)c2ccccc2n4-c2ccc3c4ccccc4c4ccccc4c3c2)cc1. The molecule has 0 fully saturated rings. The molecule has 0 aliphatic carbocycles. The van der Waals surface area contributed by atoms with Crippen LogP contribution in [0.4, 0.5) is 0 Å². The molecule has 6 nitrogen and oxygen atoms in total. The van der Waals surface area contributed by atoms with E-state index in [1.807, 2.05) is 17.5 Å². The van der Waals surface area contributed by atoms with Crippen LogP contribution in [0.1, 0.15) is 0 Å². The highest BCUT2D eigenvalue weighted by molar-refractivity contribution is 7.26. The van der Waals surface area contributed by atoms with Gasteiger partial charge in [-0.1, -0.05) is 231 Å². The molecule has 0 unspecified atom stereocenters. The predicted octanol–water partition coefficient (Wildman–Crippen LogP) is 29.7. The Kier molecular flexibility index (Phi) is 12.7. The average molecular weight is 1460 g/mol. The first-order valence-corrected chi connectivity index (χ1v) is 39.9. The van der Waals surface area contributed by atoms with Crippen LogP contribution in [-0.4, -0.2) is 23.3 Å². The van der Waals surface area contributed by atoms with Gasteiger partial charge < -0.3 is 18.1 Å². The maximum atomic E-state index is 6.74. The number of furan rings is 1. The molecule has 0 bridgehead atoms. The summed E-state index contributed by atoms with van der Waals surface area (Å²) in [5.74, 6) is 0.858. The van der Waals surface area contributed by atoms with Gasteiger partial charge in [0.2, 0.25) is 0 Å².